The fraction of sp³-hybridized carbons (Fsp3) is 1.00. The molecule has 0 bridgehead atoms. The molecule has 2 heterocycles. The monoisotopic (exact) mass is 424 g/mol. The van der Waals surface area contributed by atoms with Crippen molar-refractivity contribution in [3.05, 3.63) is 0 Å². The number of aliphatic hydroxyl groups is 6. The summed E-state index contributed by atoms with van der Waals surface area (Å²) in [4.78, 5) is 0. The van der Waals surface area contributed by atoms with E-state index >= 15 is 0 Å². The SMILES string of the molecule is CC(C)OC1C(CO)OC(C(C)(C)OC2C(CO)OC(O)(CO)C2C)C(O)C1O. The fourth-order valence-corrected chi connectivity index (χ4v) is 4.08. The molecule has 172 valence electrons. The van der Waals surface area contributed by atoms with Gasteiger partial charge in [0.1, 0.15) is 36.6 Å². The molecule has 2 aliphatic heterocycles. The van der Waals surface area contributed by atoms with Gasteiger partial charge in [0.2, 0.25) is 0 Å². The van der Waals surface area contributed by atoms with Crippen molar-refractivity contribution in [3.63, 3.8) is 0 Å². The average molecular weight is 424 g/mol. The summed E-state index contributed by atoms with van der Waals surface area (Å²) >= 11 is 0. The Morgan fingerprint density at radius 2 is 1.59 bits per heavy atom. The van der Waals surface area contributed by atoms with Gasteiger partial charge in [-0.25, -0.2) is 0 Å². The molecular formula is C19H36O10. The topological polar surface area (TPSA) is 158 Å². The summed E-state index contributed by atoms with van der Waals surface area (Å²) in [5.74, 6) is -2.57. The normalized spacial score (nSPS) is 43.9. The average Bonchev–Trinajstić information content (AvgIpc) is 2.90. The number of aliphatic hydroxyl groups excluding tert-OH is 5. The molecule has 9 unspecified atom stereocenters. The Hall–Kier alpha value is -0.400. The first-order chi connectivity index (χ1) is 13.4. The molecule has 0 aromatic carbocycles. The van der Waals surface area contributed by atoms with E-state index in [0.717, 1.165) is 0 Å². The number of rotatable bonds is 8. The van der Waals surface area contributed by atoms with Gasteiger partial charge >= 0.3 is 0 Å². The summed E-state index contributed by atoms with van der Waals surface area (Å²) < 4.78 is 23.0. The summed E-state index contributed by atoms with van der Waals surface area (Å²) in [6.07, 6.45) is -7.52. The van der Waals surface area contributed by atoms with Crippen LogP contribution in [0.1, 0.15) is 34.6 Å². The number of hydrogen-bond acceptors (Lipinski definition) is 10. The quantitative estimate of drug-likeness (QED) is 0.261. The third-order valence-corrected chi connectivity index (χ3v) is 5.75. The highest BCUT2D eigenvalue weighted by atomic mass is 16.7. The molecule has 2 saturated heterocycles. The molecule has 0 saturated carbocycles. The van der Waals surface area contributed by atoms with Gasteiger partial charge in [0.15, 0.2) is 5.79 Å². The zero-order chi connectivity index (χ0) is 22.1. The van der Waals surface area contributed by atoms with Crippen LogP contribution in [0.4, 0.5) is 0 Å². The third-order valence-electron chi connectivity index (χ3n) is 5.75. The molecule has 10 heteroatoms. The Balaban J connectivity index is 2.21. The minimum absolute atomic E-state index is 0.252. The van der Waals surface area contributed by atoms with Crippen LogP contribution in [0.25, 0.3) is 0 Å². The Kier molecular flexibility index (Phi) is 8.05. The van der Waals surface area contributed by atoms with Crippen LogP contribution in [-0.4, -0.2) is 111 Å². The lowest BCUT2D eigenvalue weighted by Crippen LogP contribution is -2.66. The van der Waals surface area contributed by atoms with Crippen LogP contribution < -0.4 is 0 Å². The molecule has 0 aromatic rings. The molecule has 0 aliphatic carbocycles. The highest BCUT2D eigenvalue weighted by molar-refractivity contribution is 5.02. The van der Waals surface area contributed by atoms with Crippen LogP contribution in [0.15, 0.2) is 0 Å². The third kappa shape index (κ3) is 4.93. The first kappa shape index (κ1) is 24.9. The lowest BCUT2D eigenvalue weighted by atomic mass is 9.85. The predicted octanol–water partition coefficient (Wildman–Crippen LogP) is -1.87. The van der Waals surface area contributed by atoms with Gasteiger partial charge in [0, 0.05) is 5.92 Å². The number of hydrogen-bond donors (Lipinski definition) is 6. The minimum Gasteiger partial charge on any atom is -0.394 e. The summed E-state index contributed by atoms with van der Waals surface area (Å²) in [5, 5.41) is 60.5. The summed E-state index contributed by atoms with van der Waals surface area (Å²) in [6, 6.07) is 0. The second-order valence-electron chi connectivity index (χ2n) is 8.72. The van der Waals surface area contributed by atoms with Crippen molar-refractivity contribution in [3.8, 4) is 0 Å². The van der Waals surface area contributed by atoms with Crippen LogP contribution >= 0.6 is 0 Å². The number of ether oxygens (including phenoxy) is 4. The second-order valence-corrected chi connectivity index (χ2v) is 8.72. The van der Waals surface area contributed by atoms with Gasteiger partial charge in [-0.05, 0) is 27.7 Å². The maximum Gasteiger partial charge on any atom is 0.194 e. The lowest BCUT2D eigenvalue weighted by molar-refractivity contribution is -0.292. The van der Waals surface area contributed by atoms with Crippen molar-refractivity contribution < 1.29 is 49.6 Å². The highest BCUT2D eigenvalue weighted by Crippen LogP contribution is 2.40. The van der Waals surface area contributed by atoms with E-state index in [0.29, 0.717) is 0 Å². The Labute approximate surface area is 171 Å². The summed E-state index contributed by atoms with van der Waals surface area (Å²) in [5.41, 5.74) is -1.22. The van der Waals surface area contributed by atoms with E-state index in [1.807, 2.05) is 0 Å². The van der Waals surface area contributed by atoms with E-state index in [1.54, 1.807) is 34.6 Å². The largest absolute Gasteiger partial charge is 0.394 e. The fourth-order valence-electron chi connectivity index (χ4n) is 4.08. The Morgan fingerprint density at radius 1 is 1.00 bits per heavy atom. The van der Waals surface area contributed by atoms with E-state index in [9.17, 15) is 30.6 Å². The molecule has 6 N–H and O–H groups in total. The molecule has 0 aromatic heterocycles. The van der Waals surface area contributed by atoms with Gasteiger partial charge in [0.25, 0.3) is 0 Å². The van der Waals surface area contributed by atoms with Gasteiger partial charge < -0.3 is 49.6 Å². The Bertz CT molecular complexity index is 527. The van der Waals surface area contributed by atoms with Gasteiger partial charge in [-0.15, -0.1) is 0 Å². The highest BCUT2D eigenvalue weighted by Gasteiger charge is 2.56. The van der Waals surface area contributed by atoms with Crippen LogP contribution in [-0.2, 0) is 18.9 Å². The zero-order valence-corrected chi connectivity index (χ0v) is 17.6. The van der Waals surface area contributed by atoms with Crippen molar-refractivity contribution in [2.24, 2.45) is 5.92 Å². The van der Waals surface area contributed by atoms with Crippen molar-refractivity contribution in [2.75, 3.05) is 19.8 Å². The van der Waals surface area contributed by atoms with E-state index in [4.69, 9.17) is 18.9 Å². The maximum absolute atomic E-state index is 10.7. The minimum atomic E-state index is -1.87. The first-order valence-electron chi connectivity index (χ1n) is 9.99. The van der Waals surface area contributed by atoms with E-state index in [1.165, 1.54) is 0 Å². The second kappa shape index (κ2) is 9.39. The smallest absolute Gasteiger partial charge is 0.194 e. The molecule has 2 rings (SSSR count). The van der Waals surface area contributed by atoms with Gasteiger partial charge in [-0.3, -0.25) is 0 Å². The molecule has 0 amide bonds. The molecule has 29 heavy (non-hydrogen) atoms. The van der Waals surface area contributed by atoms with Crippen LogP contribution in [0.5, 0.6) is 0 Å². The maximum atomic E-state index is 10.7. The lowest BCUT2D eigenvalue weighted by Gasteiger charge is -2.48. The van der Waals surface area contributed by atoms with E-state index in [2.05, 4.69) is 0 Å². The molecule has 10 nitrogen and oxygen atoms in total. The zero-order valence-electron chi connectivity index (χ0n) is 17.6. The van der Waals surface area contributed by atoms with Crippen LogP contribution in [0.2, 0.25) is 0 Å². The standard InChI is InChI=1S/C19H36O10/c1-9(2)26-16-11(6-20)27-17(14(24)13(16)23)18(4,5)29-15-10(3)19(25,8-22)28-12(15)7-21/h9-17,20-25H,6-8H2,1-5H3. The van der Waals surface area contributed by atoms with Crippen molar-refractivity contribution in [1.82, 2.24) is 0 Å². The Morgan fingerprint density at radius 3 is 2.07 bits per heavy atom. The molecule has 9 atom stereocenters. The van der Waals surface area contributed by atoms with Crippen LogP contribution in [0.3, 0.4) is 0 Å². The molecule has 0 spiro atoms. The predicted molar refractivity (Wildman–Crippen MR) is 99.9 cm³/mol. The van der Waals surface area contributed by atoms with Crippen molar-refractivity contribution >= 4 is 0 Å². The molecule has 2 aliphatic rings. The van der Waals surface area contributed by atoms with Gasteiger partial charge in [0.05, 0.1) is 37.6 Å². The van der Waals surface area contributed by atoms with E-state index < -0.39 is 79.9 Å². The first-order valence-corrected chi connectivity index (χ1v) is 9.99. The van der Waals surface area contributed by atoms with Crippen molar-refractivity contribution in [1.29, 1.82) is 0 Å². The summed E-state index contributed by atoms with van der Waals surface area (Å²) in [6.45, 7) is 6.85. The van der Waals surface area contributed by atoms with Crippen LogP contribution in [0, 0.1) is 5.92 Å². The molecular weight excluding hydrogens is 388 g/mol. The molecule has 0 radical (unpaired) electrons. The van der Waals surface area contributed by atoms with E-state index in [-0.39, 0.29) is 6.10 Å². The van der Waals surface area contributed by atoms with Crippen molar-refractivity contribution in [2.45, 2.75) is 94.8 Å². The summed E-state index contributed by atoms with van der Waals surface area (Å²) in [7, 11) is 0. The van der Waals surface area contributed by atoms with Gasteiger partial charge in [-0.2, -0.15) is 0 Å². The molecule has 2 fully saturated rings. The van der Waals surface area contributed by atoms with Gasteiger partial charge in [-0.1, -0.05) is 6.92 Å².